The maximum Gasteiger partial charge on any atom is 0.331 e. The number of carbonyl (C=O) groups excluding carboxylic acids is 1. The highest BCUT2D eigenvalue weighted by molar-refractivity contribution is 5.87. The molecule has 0 aliphatic carbocycles. The van der Waals surface area contributed by atoms with E-state index in [-0.39, 0.29) is 17.6 Å². The molecule has 138 valence electrons. The lowest BCUT2D eigenvalue weighted by Crippen LogP contribution is -2.06. The maximum absolute atomic E-state index is 13.0. The third-order valence-electron chi connectivity index (χ3n) is 3.71. The van der Waals surface area contributed by atoms with E-state index in [4.69, 9.17) is 13.9 Å². The lowest BCUT2D eigenvalue weighted by molar-refractivity contribution is -0.143. The summed E-state index contributed by atoms with van der Waals surface area (Å²) >= 11 is 0. The summed E-state index contributed by atoms with van der Waals surface area (Å²) in [5, 5.41) is 7.78. The first kappa shape index (κ1) is 18.3. The lowest BCUT2D eigenvalue weighted by Gasteiger charge is -2.07. The standard InChI is InChI=1S/C20H17FN2O4/c1-13(19-22-23-20(27-19)15-7-10-16(21)11-8-15)26-18(24)12-9-14-5-3-4-6-17(14)25-2/h3-13H,1-2H3/b12-9+/t13-/m1/s1. The topological polar surface area (TPSA) is 74.5 Å². The average Bonchev–Trinajstić information content (AvgIpc) is 3.17. The Bertz CT molecular complexity index is 951. The van der Waals surface area contributed by atoms with Gasteiger partial charge in [0.1, 0.15) is 11.6 Å². The van der Waals surface area contributed by atoms with Crippen molar-refractivity contribution in [3.63, 3.8) is 0 Å². The zero-order valence-corrected chi connectivity index (χ0v) is 14.8. The van der Waals surface area contributed by atoms with E-state index in [0.717, 1.165) is 5.56 Å². The van der Waals surface area contributed by atoms with Gasteiger partial charge in [-0.2, -0.15) is 0 Å². The van der Waals surface area contributed by atoms with Crippen molar-refractivity contribution in [1.82, 2.24) is 10.2 Å². The van der Waals surface area contributed by atoms with Crippen molar-refractivity contribution in [2.24, 2.45) is 0 Å². The summed E-state index contributed by atoms with van der Waals surface area (Å²) in [7, 11) is 1.56. The molecule has 1 atom stereocenters. The highest BCUT2D eigenvalue weighted by Crippen LogP contribution is 2.23. The van der Waals surface area contributed by atoms with E-state index in [2.05, 4.69) is 10.2 Å². The quantitative estimate of drug-likeness (QED) is 0.479. The second kappa shape index (κ2) is 8.27. The van der Waals surface area contributed by atoms with Gasteiger partial charge in [-0.3, -0.25) is 0 Å². The molecule has 1 aromatic heterocycles. The molecule has 27 heavy (non-hydrogen) atoms. The van der Waals surface area contributed by atoms with Crippen LogP contribution in [0.4, 0.5) is 4.39 Å². The number of nitrogens with zero attached hydrogens (tertiary/aromatic N) is 2. The van der Waals surface area contributed by atoms with Gasteiger partial charge in [0.15, 0.2) is 6.10 Å². The van der Waals surface area contributed by atoms with Gasteiger partial charge in [0.05, 0.1) is 7.11 Å². The van der Waals surface area contributed by atoms with E-state index in [1.807, 2.05) is 18.2 Å². The summed E-state index contributed by atoms with van der Waals surface area (Å²) in [6, 6.07) is 12.9. The van der Waals surface area contributed by atoms with E-state index in [9.17, 15) is 9.18 Å². The van der Waals surface area contributed by atoms with Gasteiger partial charge in [-0.1, -0.05) is 18.2 Å². The minimum Gasteiger partial charge on any atom is -0.496 e. The van der Waals surface area contributed by atoms with Crippen molar-refractivity contribution in [1.29, 1.82) is 0 Å². The van der Waals surface area contributed by atoms with Crippen molar-refractivity contribution in [3.8, 4) is 17.2 Å². The maximum atomic E-state index is 13.0. The average molecular weight is 368 g/mol. The molecular weight excluding hydrogens is 351 g/mol. The van der Waals surface area contributed by atoms with Crippen LogP contribution in [-0.2, 0) is 9.53 Å². The Labute approximate surface area is 155 Å². The molecule has 0 amide bonds. The van der Waals surface area contributed by atoms with Gasteiger partial charge in [-0.05, 0) is 43.3 Å². The predicted molar refractivity (Wildman–Crippen MR) is 96.2 cm³/mol. The zero-order chi connectivity index (χ0) is 19.2. The van der Waals surface area contributed by atoms with Crippen LogP contribution in [0.25, 0.3) is 17.5 Å². The van der Waals surface area contributed by atoms with E-state index in [1.165, 1.54) is 30.3 Å². The van der Waals surface area contributed by atoms with Crippen molar-refractivity contribution in [2.75, 3.05) is 7.11 Å². The number of methoxy groups -OCH3 is 1. The summed E-state index contributed by atoms with van der Waals surface area (Å²) in [5.41, 5.74) is 1.32. The molecule has 6 nitrogen and oxygen atoms in total. The van der Waals surface area contributed by atoms with Crippen LogP contribution in [0.3, 0.4) is 0 Å². The van der Waals surface area contributed by atoms with Crippen molar-refractivity contribution in [3.05, 3.63) is 71.9 Å². The first-order valence-electron chi connectivity index (χ1n) is 8.18. The number of benzene rings is 2. The van der Waals surface area contributed by atoms with Gasteiger partial charge in [0.25, 0.3) is 5.89 Å². The lowest BCUT2D eigenvalue weighted by atomic mass is 10.2. The van der Waals surface area contributed by atoms with Crippen LogP contribution in [0, 0.1) is 5.82 Å². The van der Waals surface area contributed by atoms with Gasteiger partial charge >= 0.3 is 5.97 Å². The second-order valence-electron chi connectivity index (χ2n) is 5.61. The van der Waals surface area contributed by atoms with Crippen LogP contribution in [0.1, 0.15) is 24.5 Å². The Hall–Kier alpha value is -3.48. The highest BCUT2D eigenvalue weighted by atomic mass is 19.1. The number of halogens is 1. The van der Waals surface area contributed by atoms with E-state index in [0.29, 0.717) is 11.3 Å². The number of ether oxygens (including phenoxy) is 2. The first-order chi connectivity index (χ1) is 13.1. The number of para-hydroxylation sites is 1. The summed E-state index contributed by atoms with van der Waals surface area (Å²) in [4.78, 5) is 12.0. The minimum absolute atomic E-state index is 0.147. The molecule has 0 fully saturated rings. The molecule has 0 radical (unpaired) electrons. The molecule has 0 spiro atoms. The molecule has 0 unspecified atom stereocenters. The second-order valence-corrected chi connectivity index (χ2v) is 5.61. The first-order valence-corrected chi connectivity index (χ1v) is 8.18. The highest BCUT2D eigenvalue weighted by Gasteiger charge is 2.18. The fourth-order valence-electron chi connectivity index (χ4n) is 2.33. The van der Waals surface area contributed by atoms with Crippen LogP contribution in [-0.4, -0.2) is 23.3 Å². The van der Waals surface area contributed by atoms with Gasteiger partial charge in [0.2, 0.25) is 5.89 Å². The monoisotopic (exact) mass is 368 g/mol. The van der Waals surface area contributed by atoms with Gasteiger partial charge < -0.3 is 13.9 Å². The van der Waals surface area contributed by atoms with Crippen LogP contribution >= 0.6 is 0 Å². The number of esters is 1. The Morgan fingerprint density at radius 1 is 1.15 bits per heavy atom. The molecule has 0 saturated heterocycles. The van der Waals surface area contributed by atoms with Gasteiger partial charge in [-0.15, -0.1) is 10.2 Å². The van der Waals surface area contributed by atoms with E-state index >= 15 is 0 Å². The molecule has 0 bridgehead atoms. The summed E-state index contributed by atoms with van der Waals surface area (Å²) < 4.78 is 29.0. The third kappa shape index (κ3) is 4.58. The van der Waals surface area contributed by atoms with Crippen LogP contribution in [0.5, 0.6) is 5.75 Å². The van der Waals surface area contributed by atoms with Crippen molar-refractivity contribution >= 4 is 12.0 Å². The number of hydrogen-bond acceptors (Lipinski definition) is 6. The fourth-order valence-corrected chi connectivity index (χ4v) is 2.33. The summed E-state index contributed by atoms with van der Waals surface area (Å²) in [5.74, 6) is 0.0961. The SMILES string of the molecule is COc1ccccc1/C=C/C(=O)O[C@H](C)c1nnc(-c2ccc(F)cc2)o1. The molecule has 1 heterocycles. The fraction of sp³-hybridized carbons (Fsp3) is 0.150. The van der Waals surface area contributed by atoms with Gasteiger partial charge in [-0.25, -0.2) is 9.18 Å². The molecule has 0 saturated carbocycles. The summed E-state index contributed by atoms with van der Waals surface area (Å²) in [6.45, 7) is 1.62. The molecular formula is C20H17FN2O4. The van der Waals surface area contributed by atoms with E-state index < -0.39 is 12.1 Å². The molecule has 2 aromatic carbocycles. The molecule has 3 aromatic rings. The Morgan fingerprint density at radius 2 is 1.89 bits per heavy atom. The Balaban J connectivity index is 1.65. The number of rotatable bonds is 6. The Kier molecular flexibility index (Phi) is 5.61. The molecule has 7 heteroatoms. The number of carbonyl (C=O) groups is 1. The van der Waals surface area contributed by atoms with Crippen LogP contribution in [0.2, 0.25) is 0 Å². The summed E-state index contributed by atoms with van der Waals surface area (Å²) in [6.07, 6.45) is 2.17. The van der Waals surface area contributed by atoms with Crippen molar-refractivity contribution < 1.29 is 23.1 Å². The van der Waals surface area contributed by atoms with Crippen LogP contribution < -0.4 is 4.74 Å². The normalized spacial score (nSPS) is 12.1. The zero-order valence-electron chi connectivity index (χ0n) is 14.8. The number of aromatic nitrogens is 2. The van der Waals surface area contributed by atoms with E-state index in [1.54, 1.807) is 26.2 Å². The largest absolute Gasteiger partial charge is 0.496 e. The van der Waals surface area contributed by atoms with Gasteiger partial charge in [0, 0.05) is 17.2 Å². The third-order valence-corrected chi connectivity index (χ3v) is 3.71. The predicted octanol–water partition coefficient (Wildman–Crippen LogP) is 4.20. The van der Waals surface area contributed by atoms with Crippen molar-refractivity contribution in [2.45, 2.75) is 13.0 Å². The smallest absolute Gasteiger partial charge is 0.331 e. The molecule has 0 N–H and O–H groups in total. The molecule has 0 aliphatic heterocycles. The number of hydrogen-bond donors (Lipinski definition) is 0. The Morgan fingerprint density at radius 3 is 2.63 bits per heavy atom. The minimum atomic E-state index is -0.735. The molecule has 0 aliphatic rings. The molecule has 3 rings (SSSR count). The van der Waals surface area contributed by atoms with Crippen LogP contribution in [0.15, 0.2) is 59.0 Å².